The summed E-state index contributed by atoms with van der Waals surface area (Å²) in [6.45, 7) is 4.43. The van der Waals surface area contributed by atoms with Crippen molar-refractivity contribution in [1.82, 2.24) is 5.32 Å². The van der Waals surface area contributed by atoms with Crippen LogP contribution in [0.2, 0.25) is 0 Å². The molecule has 3 atom stereocenters. The Morgan fingerprint density at radius 2 is 2.28 bits per heavy atom. The lowest BCUT2D eigenvalue weighted by Gasteiger charge is -2.18. The third-order valence-electron chi connectivity index (χ3n) is 2.95. The van der Waals surface area contributed by atoms with E-state index in [1.807, 2.05) is 0 Å². The summed E-state index contributed by atoms with van der Waals surface area (Å²) in [5.41, 5.74) is 0. The highest BCUT2D eigenvalue weighted by Gasteiger charge is 2.23. The van der Waals surface area contributed by atoms with Gasteiger partial charge >= 0.3 is 5.97 Å². The summed E-state index contributed by atoms with van der Waals surface area (Å²) in [6, 6.07) is -0.855. The van der Waals surface area contributed by atoms with Gasteiger partial charge in [0.1, 0.15) is 12.1 Å². The molecule has 0 aromatic heterocycles. The second-order valence-corrected chi connectivity index (χ2v) is 4.42. The molecule has 1 fully saturated rings. The van der Waals surface area contributed by atoms with Crippen LogP contribution in [0.3, 0.4) is 0 Å². The van der Waals surface area contributed by atoms with Gasteiger partial charge in [-0.3, -0.25) is 4.79 Å². The molecule has 0 bridgehead atoms. The Kier molecular flexibility index (Phi) is 6.07. The van der Waals surface area contributed by atoms with Gasteiger partial charge in [-0.15, -0.1) is 0 Å². The number of rotatable bonds is 7. The lowest BCUT2D eigenvalue weighted by molar-refractivity contribution is -0.144. The number of nitrogens with one attached hydrogen (secondary N) is 1. The van der Waals surface area contributed by atoms with Gasteiger partial charge in [-0.1, -0.05) is 6.92 Å². The van der Waals surface area contributed by atoms with Crippen molar-refractivity contribution < 1.29 is 24.2 Å². The lowest BCUT2D eigenvalue weighted by Crippen LogP contribution is -2.45. The van der Waals surface area contributed by atoms with Gasteiger partial charge in [-0.25, -0.2) is 4.79 Å². The molecular formula is C12H21NO5. The van der Waals surface area contributed by atoms with Crippen molar-refractivity contribution in [3.8, 4) is 0 Å². The van der Waals surface area contributed by atoms with E-state index in [9.17, 15) is 9.59 Å². The number of carbonyl (C=O) groups excluding carboxylic acids is 1. The Morgan fingerprint density at radius 1 is 1.56 bits per heavy atom. The lowest BCUT2D eigenvalue weighted by atomic mass is 10.2. The number of hydrogen-bond acceptors (Lipinski definition) is 4. The number of carboxylic acid groups (broad SMARTS) is 1. The zero-order valence-electron chi connectivity index (χ0n) is 10.8. The molecule has 1 amide bonds. The topological polar surface area (TPSA) is 84.9 Å². The predicted octanol–water partition coefficient (Wildman–Crippen LogP) is 0.550. The third-order valence-corrected chi connectivity index (χ3v) is 2.95. The van der Waals surface area contributed by atoms with Crippen molar-refractivity contribution in [2.24, 2.45) is 0 Å². The van der Waals surface area contributed by atoms with E-state index < -0.39 is 24.0 Å². The quantitative estimate of drug-likeness (QED) is 0.697. The first-order valence-electron chi connectivity index (χ1n) is 6.31. The van der Waals surface area contributed by atoms with E-state index in [0.717, 1.165) is 19.4 Å². The van der Waals surface area contributed by atoms with Crippen molar-refractivity contribution in [1.29, 1.82) is 0 Å². The summed E-state index contributed by atoms with van der Waals surface area (Å²) in [6.07, 6.45) is 1.70. The number of ether oxygens (including phenoxy) is 2. The van der Waals surface area contributed by atoms with Crippen molar-refractivity contribution in [2.75, 3.05) is 13.2 Å². The van der Waals surface area contributed by atoms with E-state index in [-0.39, 0.29) is 6.10 Å². The molecular weight excluding hydrogens is 238 g/mol. The predicted molar refractivity (Wildman–Crippen MR) is 64.2 cm³/mol. The van der Waals surface area contributed by atoms with Gasteiger partial charge in [0.25, 0.3) is 0 Å². The van der Waals surface area contributed by atoms with E-state index in [1.165, 1.54) is 0 Å². The van der Waals surface area contributed by atoms with Crippen LogP contribution in [-0.4, -0.2) is 48.4 Å². The third kappa shape index (κ3) is 4.62. The molecule has 3 unspecified atom stereocenters. The Labute approximate surface area is 107 Å². The first-order chi connectivity index (χ1) is 8.54. The van der Waals surface area contributed by atoms with Crippen LogP contribution in [0.25, 0.3) is 0 Å². The summed E-state index contributed by atoms with van der Waals surface area (Å²) in [5, 5.41) is 11.3. The largest absolute Gasteiger partial charge is 0.480 e. The average molecular weight is 259 g/mol. The smallest absolute Gasteiger partial charge is 0.326 e. The van der Waals surface area contributed by atoms with Crippen LogP contribution in [0.15, 0.2) is 0 Å². The number of carboxylic acids is 1. The summed E-state index contributed by atoms with van der Waals surface area (Å²) in [7, 11) is 0. The molecule has 0 saturated carbocycles. The zero-order valence-corrected chi connectivity index (χ0v) is 10.8. The molecule has 1 aliphatic rings. The van der Waals surface area contributed by atoms with Crippen LogP contribution >= 0.6 is 0 Å². The molecule has 18 heavy (non-hydrogen) atoms. The van der Waals surface area contributed by atoms with Crippen molar-refractivity contribution in [3.63, 3.8) is 0 Å². The zero-order chi connectivity index (χ0) is 13.5. The molecule has 6 heteroatoms. The molecule has 104 valence electrons. The van der Waals surface area contributed by atoms with Gasteiger partial charge in [0, 0.05) is 6.61 Å². The standard InChI is InChI=1S/C12H21NO5/c1-3-10(12(15)16)13-11(14)8(2)18-7-9-5-4-6-17-9/h8-10H,3-7H2,1-2H3,(H,13,14)(H,15,16). The molecule has 1 heterocycles. The molecule has 1 aliphatic heterocycles. The van der Waals surface area contributed by atoms with Crippen LogP contribution in [0.5, 0.6) is 0 Å². The highest BCUT2D eigenvalue weighted by molar-refractivity contribution is 5.85. The molecule has 0 aromatic rings. The monoisotopic (exact) mass is 259 g/mol. The summed E-state index contributed by atoms with van der Waals surface area (Å²) in [4.78, 5) is 22.5. The number of hydrogen-bond donors (Lipinski definition) is 2. The minimum absolute atomic E-state index is 0.0571. The maximum Gasteiger partial charge on any atom is 0.326 e. The van der Waals surface area contributed by atoms with Crippen LogP contribution < -0.4 is 5.32 Å². The molecule has 0 aliphatic carbocycles. The molecule has 1 rings (SSSR count). The Balaban J connectivity index is 2.29. The van der Waals surface area contributed by atoms with E-state index in [2.05, 4.69) is 5.32 Å². The Bertz CT molecular complexity index is 288. The maximum absolute atomic E-state index is 11.7. The molecule has 1 saturated heterocycles. The van der Waals surface area contributed by atoms with Gasteiger partial charge in [-0.2, -0.15) is 0 Å². The summed E-state index contributed by atoms with van der Waals surface area (Å²) in [5.74, 6) is -1.43. The molecule has 0 radical (unpaired) electrons. The molecule has 2 N–H and O–H groups in total. The second kappa shape index (κ2) is 7.33. The Hall–Kier alpha value is -1.14. The van der Waals surface area contributed by atoms with Gasteiger partial charge in [-0.05, 0) is 26.2 Å². The van der Waals surface area contributed by atoms with E-state index in [4.69, 9.17) is 14.6 Å². The molecule has 0 spiro atoms. The highest BCUT2D eigenvalue weighted by atomic mass is 16.5. The van der Waals surface area contributed by atoms with Gasteiger partial charge < -0.3 is 19.9 Å². The van der Waals surface area contributed by atoms with Gasteiger partial charge in [0.15, 0.2) is 0 Å². The number of aliphatic carboxylic acids is 1. The fraction of sp³-hybridized carbons (Fsp3) is 0.833. The average Bonchev–Trinajstić information content (AvgIpc) is 2.85. The van der Waals surface area contributed by atoms with E-state index >= 15 is 0 Å². The SMILES string of the molecule is CCC(NC(=O)C(C)OCC1CCCO1)C(=O)O. The van der Waals surface area contributed by atoms with Crippen LogP contribution in [0.4, 0.5) is 0 Å². The molecule has 6 nitrogen and oxygen atoms in total. The van der Waals surface area contributed by atoms with Crippen molar-refractivity contribution in [2.45, 2.75) is 51.4 Å². The van der Waals surface area contributed by atoms with E-state index in [1.54, 1.807) is 13.8 Å². The maximum atomic E-state index is 11.7. The van der Waals surface area contributed by atoms with Crippen LogP contribution in [0.1, 0.15) is 33.1 Å². The van der Waals surface area contributed by atoms with Crippen LogP contribution in [0, 0.1) is 0 Å². The van der Waals surface area contributed by atoms with Crippen molar-refractivity contribution >= 4 is 11.9 Å². The second-order valence-electron chi connectivity index (χ2n) is 4.42. The number of amides is 1. The number of carbonyl (C=O) groups is 2. The van der Waals surface area contributed by atoms with Gasteiger partial charge in [0.2, 0.25) is 5.91 Å². The first kappa shape index (κ1) is 14.9. The summed E-state index contributed by atoms with van der Waals surface area (Å²) >= 11 is 0. The minimum Gasteiger partial charge on any atom is -0.480 e. The fourth-order valence-corrected chi connectivity index (χ4v) is 1.73. The molecule has 0 aromatic carbocycles. The van der Waals surface area contributed by atoms with E-state index in [0.29, 0.717) is 13.0 Å². The normalized spacial score (nSPS) is 22.4. The Morgan fingerprint density at radius 3 is 2.78 bits per heavy atom. The highest BCUT2D eigenvalue weighted by Crippen LogP contribution is 2.12. The first-order valence-corrected chi connectivity index (χ1v) is 6.31. The van der Waals surface area contributed by atoms with Crippen LogP contribution in [-0.2, 0) is 19.1 Å². The van der Waals surface area contributed by atoms with Crippen molar-refractivity contribution in [3.05, 3.63) is 0 Å². The fourth-order valence-electron chi connectivity index (χ4n) is 1.73. The van der Waals surface area contributed by atoms with Gasteiger partial charge in [0.05, 0.1) is 12.7 Å². The summed E-state index contributed by atoms with van der Waals surface area (Å²) < 4.78 is 10.8. The minimum atomic E-state index is -1.03.